The van der Waals surface area contributed by atoms with Gasteiger partial charge in [-0.3, -0.25) is 0 Å². The molecule has 1 unspecified atom stereocenters. The predicted octanol–water partition coefficient (Wildman–Crippen LogP) is 5.30. The van der Waals surface area contributed by atoms with Gasteiger partial charge < -0.3 is 9.73 Å². The van der Waals surface area contributed by atoms with Gasteiger partial charge in [-0.2, -0.15) is 0 Å². The predicted molar refractivity (Wildman–Crippen MR) is 86.2 cm³/mol. The molecule has 3 rings (SSSR count). The van der Waals surface area contributed by atoms with Crippen LogP contribution in [0.2, 0.25) is 5.02 Å². The maximum Gasteiger partial charge on any atom is 0.137 e. The summed E-state index contributed by atoms with van der Waals surface area (Å²) in [6, 6.07) is 12.1. The molecule has 0 saturated carbocycles. The van der Waals surface area contributed by atoms with E-state index in [1.54, 1.807) is 12.1 Å². The molecule has 5 heteroatoms. The van der Waals surface area contributed by atoms with Crippen LogP contribution in [-0.2, 0) is 0 Å². The van der Waals surface area contributed by atoms with Crippen molar-refractivity contribution in [2.24, 2.45) is 0 Å². The number of benzene rings is 2. The average Bonchev–Trinajstić information content (AvgIpc) is 2.87. The van der Waals surface area contributed by atoms with Crippen LogP contribution in [0, 0.1) is 5.82 Å². The fourth-order valence-electron chi connectivity index (χ4n) is 2.37. The van der Waals surface area contributed by atoms with Crippen molar-refractivity contribution in [3.8, 4) is 0 Å². The summed E-state index contributed by atoms with van der Waals surface area (Å²) in [6.45, 7) is 0. The van der Waals surface area contributed by atoms with Gasteiger partial charge in [0.05, 0.1) is 10.5 Å². The first-order chi connectivity index (χ1) is 10.1. The van der Waals surface area contributed by atoms with Crippen LogP contribution in [0.25, 0.3) is 11.0 Å². The summed E-state index contributed by atoms with van der Waals surface area (Å²) in [5.41, 5.74) is 1.53. The van der Waals surface area contributed by atoms with Gasteiger partial charge in [0.2, 0.25) is 0 Å². The maximum absolute atomic E-state index is 13.7. The largest absolute Gasteiger partial charge is 0.459 e. The summed E-state index contributed by atoms with van der Waals surface area (Å²) in [4.78, 5) is 0. The maximum atomic E-state index is 13.7. The lowest BCUT2D eigenvalue weighted by atomic mass is 10.0. The van der Waals surface area contributed by atoms with Crippen molar-refractivity contribution in [3.05, 3.63) is 69.1 Å². The Morgan fingerprint density at radius 2 is 2.05 bits per heavy atom. The third-order valence-electron chi connectivity index (χ3n) is 3.36. The minimum atomic E-state index is -0.299. The molecule has 108 valence electrons. The van der Waals surface area contributed by atoms with Crippen LogP contribution in [0.4, 0.5) is 4.39 Å². The standard InChI is InChI=1S/C16H12BrClFNO/c1-20-16(11-3-2-4-12(19)15(11)17)14-8-9-7-10(18)5-6-13(9)21-14/h2-8,16,20H,1H3. The molecule has 1 N–H and O–H groups in total. The average molecular weight is 369 g/mol. The van der Waals surface area contributed by atoms with Crippen LogP contribution in [-0.4, -0.2) is 7.05 Å². The van der Waals surface area contributed by atoms with Gasteiger partial charge >= 0.3 is 0 Å². The smallest absolute Gasteiger partial charge is 0.137 e. The molecule has 0 amide bonds. The highest BCUT2D eigenvalue weighted by molar-refractivity contribution is 9.10. The molecule has 0 fully saturated rings. The molecule has 0 spiro atoms. The molecule has 0 aliphatic heterocycles. The third-order valence-corrected chi connectivity index (χ3v) is 4.43. The van der Waals surface area contributed by atoms with Crippen LogP contribution in [0.1, 0.15) is 17.4 Å². The van der Waals surface area contributed by atoms with Crippen molar-refractivity contribution in [1.82, 2.24) is 5.32 Å². The van der Waals surface area contributed by atoms with Crippen molar-refractivity contribution >= 4 is 38.5 Å². The van der Waals surface area contributed by atoms with Gasteiger partial charge in [-0.25, -0.2) is 4.39 Å². The quantitative estimate of drug-likeness (QED) is 0.679. The van der Waals surface area contributed by atoms with E-state index in [1.165, 1.54) is 6.07 Å². The van der Waals surface area contributed by atoms with Gasteiger partial charge in [0.25, 0.3) is 0 Å². The zero-order valence-corrected chi connectivity index (χ0v) is 13.5. The van der Waals surface area contributed by atoms with Crippen LogP contribution in [0.15, 0.2) is 51.4 Å². The van der Waals surface area contributed by atoms with E-state index in [-0.39, 0.29) is 11.9 Å². The normalized spacial score (nSPS) is 12.8. The van der Waals surface area contributed by atoms with E-state index in [9.17, 15) is 4.39 Å². The fraction of sp³-hybridized carbons (Fsp3) is 0.125. The second-order valence-electron chi connectivity index (χ2n) is 4.70. The molecule has 0 radical (unpaired) electrons. The second kappa shape index (κ2) is 5.79. The van der Waals surface area contributed by atoms with E-state index in [4.69, 9.17) is 16.0 Å². The summed E-state index contributed by atoms with van der Waals surface area (Å²) in [7, 11) is 1.81. The molecule has 21 heavy (non-hydrogen) atoms. The van der Waals surface area contributed by atoms with Crippen molar-refractivity contribution in [3.63, 3.8) is 0 Å². The number of rotatable bonds is 3. The van der Waals surface area contributed by atoms with Crippen molar-refractivity contribution in [1.29, 1.82) is 0 Å². The molecule has 0 bridgehead atoms. The Kier molecular flexibility index (Phi) is 4.02. The Hall–Kier alpha value is -1.36. The number of hydrogen-bond donors (Lipinski definition) is 1. The summed E-state index contributed by atoms with van der Waals surface area (Å²) in [6.07, 6.45) is 0. The molecule has 0 saturated heterocycles. The molecule has 2 aromatic carbocycles. The molecule has 1 aromatic heterocycles. The Labute approximate surface area is 135 Å². The van der Waals surface area contributed by atoms with E-state index in [2.05, 4.69) is 21.2 Å². The van der Waals surface area contributed by atoms with E-state index >= 15 is 0 Å². The third kappa shape index (κ3) is 2.71. The summed E-state index contributed by atoms with van der Waals surface area (Å²) in [5, 5.41) is 4.73. The van der Waals surface area contributed by atoms with E-state index < -0.39 is 0 Å². The lowest BCUT2D eigenvalue weighted by Crippen LogP contribution is -2.17. The topological polar surface area (TPSA) is 25.2 Å². The highest BCUT2D eigenvalue weighted by atomic mass is 79.9. The molecule has 3 aromatic rings. The van der Waals surface area contributed by atoms with E-state index in [0.29, 0.717) is 15.3 Å². The number of hydrogen-bond acceptors (Lipinski definition) is 2. The van der Waals surface area contributed by atoms with Crippen molar-refractivity contribution < 1.29 is 8.81 Å². The minimum absolute atomic E-state index is 0.249. The highest BCUT2D eigenvalue weighted by Crippen LogP contribution is 2.33. The zero-order valence-electron chi connectivity index (χ0n) is 11.2. The Morgan fingerprint density at radius 1 is 1.24 bits per heavy atom. The van der Waals surface area contributed by atoms with Crippen LogP contribution in [0.5, 0.6) is 0 Å². The zero-order chi connectivity index (χ0) is 15.0. The van der Waals surface area contributed by atoms with Gasteiger partial charge in [0.15, 0.2) is 0 Å². The van der Waals surface area contributed by atoms with Crippen molar-refractivity contribution in [2.45, 2.75) is 6.04 Å². The SMILES string of the molecule is CNC(c1cc2cc(Cl)ccc2o1)c1cccc(F)c1Br. The number of fused-ring (bicyclic) bond motifs is 1. The Balaban J connectivity index is 2.11. The first kappa shape index (κ1) is 14.6. The Bertz CT molecular complexity index is 802. The number of halogens is 3. The molecular formula is C16H12BrClFNO. The Morgan fingerprint density at radius 3 is 2.81 bits per heavy atom. The first-order valence-electron chi connectivity index (χ1n) is 6.40. The molecule has 1 atom stereocenters. The number of nitrogens with one attached hydrogen (secondary N) is 1. The molecule has 0 aliphatic rings. The van der Waals surface area contributed by atoms with Gasteiger partial charge in [-0.05, 0) is 58.9 Å². The van der Waals surface area contributed by atoms with Gasteiger partial charge in [0.1, 0.15) is 17.2 Å². The fourth-order valence-corrected chi connectivity index (χ4v) is 3.05. The number of furan rings is 1. The lowest BCUT2D eigenvalue weighted by Gasteiger charge is -2.16. The molecule has 1 heterocycles. The van der Waals surface area contributed by atoms with E-state index in [0.717, 1.165) is 16.5 Å². The summed E-state index contributed by atoms with van der Waals surface area (Å²) < 4.78 is 20.0. The lowest BCUT2D eigenvalue weighted by molar-refractivity contribution is 0.488. The van der Waals surface area contributed by atoms with Crippen molar-refractivity contribution in [2.75, 3.05) is 7.05 Å². The molecule has 2 nitrogen and oxygen atoms in total. The van der Waals surface area contributed by atoms with Gasteiger partial charge in [0, 0.05) is 10.4 Å². The van der Waals surface area contributed by atoms with Crippen LogP contribution >= 0.6 is 27.5 Å². The van der Waals surface area contributed by atoms with Gasteiger partial charge in [-0.1, -0.05) is 23.7 Å². The van der Waals surface area contributed by atoms with E-state index in [1.807, 2.05) is 31.3 Å². The van der Waals surface area contributed by atoms with Crippen LogP contribution in [0.3, 0.4) is 0 Å². The monoisotopic (exact) mass is 367 g/mol. The highest BCUT2D eigenvalue weighted by Gasteiger charge is 2.20. The van der Waals surface area contributed by atoms with Gasteiger partial charge in [-0.15, -0.1) is 0 Å². The minimum Gasteiger partial charge on any atom is -0.459 e. The van der Waals surface area contributed by atoms with Crippen LogP contribution < -0.4 is 5.32 Å². The second-order valence-corrected chi connectivity index (χ2v) is 5.93. The summed E-state index contributed by atoms with van der Waals surface area (Å²) >= 11 is 9.29. The molecular weight excluding hydrogens is 357 g/mol. The first-order valence-corrected chi connectivity index (χ1v) is 7.57. The summed E-state index contributed by atoms with van der Waals surface area (Å²) in [5.74, 6) is 0.410. The molecule has 0 aliphatic carbocycles.